The predicted octanol–water partition coefficient (Wildman–Crippen LogP) is 3.77. The molecule has 2 aromatic rings. The van der Waals surface area contributed by atoms with Gasteiger partial charge in [0.1, 0.15) is 11.3 Å². The molecule has 0 radical (unpaired) electrons. The summed E-state index contributed by atoms with van der Waals surface area (Å²) in [6.45, 7) is 11.3. The lowest BCUT2D eigenvalue weighted by Gasteiger charge is -2.34. The smallest absolute Gasteiger partial charge is 0.254 e. The van der Waals surface area contributed by atoms with Gasteiger partial charge >= 0.3 is 0 Å². The molecular formula is C20H27N3O3. The summed E-state index contributed by atoms with van der Waals surface area (Å²) < 4.78 is 5.29. The van der Waals surface area contributed by atoms with Crippen molar-refractivity contribution in [3.05, 3.63) is 47.2 Å². The zero-order chi connectivity index (χ0) is 19.7. The van der Waals surface area contributed by atoms with Crippen molar-refractivity contribution in [3.8, 4) is 0 Å². The highest BCUT2D eigenvalue weighted by molar-refractivity contribution is 6.02. The summed E-state index contributed by atoms with van der Waals surface area (Å²) in [7, 11) is 1.62. The minimum Gasteiger partial charge on any atom is -0.359 e. The number of aromatic nitrogens is 1. The normalized spacial score (nSPS) is 12.0. The van der Waals surface area contributed by atoms with E-state index in [0.29, 0.717) is 17.1 Å². The Labute approximate surface area is 154 Å². The molecule has 140 valence electrons. The molecule has 26 heavy (non-hydrogen) atoms. The fraction of sp³-hybridized carbons (Fsp3) is 0.450. The van der Waals surface area contributed by atoms with Crippen molar-refractivity contribution in [3.63, 3.8) is 0 Å². The highest BCUT2D eigenvalue weighted by atomic mass is 16.5. The number of rotatable bonds is 4. The largest absolute Gasteiger partial charge is 0.359 e. The van der Waals surface area contributed by atoms with Crippen molar-refractivity contribution < 1.29 is 14.1 Å². The third kappa shape index (κ3) is 4.12. The summed E-state index contributed by atoms with van der Waals surface area (Å²) in [6.07, 6.45) is 0. The maximum absolute atomic E-state index is 12.7. The molecule has 2 rings (SSSR count). The van der Waals surface area contributed by atoms with Gasteiger partial charge < -0.3 is 14.7 Å². The average Bonchev–Trinajstić information content (AvgIpc) is 3.03. The first-order chi connectivity index (χ1) is 11.9. The SMILES string of the molecule is Cc1ccc(C(=O)N(C)C(C)(C)C(=O)Nc2cc(C(C)(C)C)on2)cc1. The lowest BCUT2D eigenvalue weighted by molar-refractivity contribution is -0.124. The monoisotopic (exact) mass is 357 g/mol. The second-order valence-corrected chi connectivity index (χ2v) is 8.07. The Balaban J connectivity index is 2.14. The first-order valence-electron chi connectivity index (χ1n) is 8.56. The lowest BCUT2D eigenvalue weighted by Crippen LogP contribution is -2.53. The van der Waals surface area contributed by atoms with Gasteiger partial charge in [-0.25, -0.2) is 0 Å². The van der Waals surface area contributed by atoms with E-state index in [-0.39, 0.29) is 17.2 Å². The van der Waals surface area contributed by atoms with Crippen molar-refractivity contribution in [1.29, 1.82) is 0 Å². The molecular weight excluding hydrogens is 330 g/mol. The molecule has 0 atom stereocenters. The average molecular weight is 357 g/mol. The molecule has 0 bridgehead atoms. The van der Waals surface area contributed by atoms with Crippen molar-refractivity contribution in [2.24, 2.45) is 0 Å². The van der Waals surface area contributed by atoms with E-state index >= 15 is 0 Å². The molecule has 1 aromatic heterocycles. The molecule has 1 aromatic carbocycles. The Bertz CT molecular complexity index is 798. The maximum atomic E-state index is 12.7. The highest BCUT2D eigenvalue weighted by Crippen LogP contribution is 2.25. The number of nitrogens with zero attached hydrogens (tertiary/aromatic N) is 2. The van der Waals surface area contributed by atoms with Gasteiger partial charge in [-0.15, -0.1) is 0 Å². The highest BCUT2D eigenvalue weighted by Gasteiger charge is 2.36. The van der Waals surface area contributed by atoms with E-state index in [1.165, 1.54) is 4.90 Å². The Morgan fingerprint density at radius 3 is 2.15 bits per heavy atom. The number of likely N-dealkylation sites (N-methyl/N-ethyl adjacent to an activating group) is 1. The molecule has 0 saturated carbocycles. The van der Waals surface area contributed by atoms with Crippen molar-refractivity contribution >= 4 is 17.6 Å². The molecule has 0 spiro atoms. The first-order valence-corrected chi connectivity index (χ1v) is 8.56. The standard InChI is InChI=1S/C20H27N3O3/c1-13-8-10-14(11-9-13)17(24)23(7)20(5,6)18(25)21-16-12-15(26-22-16)19(2,3)4/h8-12H,1-7H3,(H,21,22,25). The number of hydrogen-bond acceptors (Lipinski definition) is 4. The second kappa shape index (κ2) is 6.94. The van der Waals surface area contributed by atoms with Crippen LogP contribution in [0.2, 0.25) is 0 Å². The molecule has 2 amide bonds. The number of benzene rings is 1. The Morgan fingerprint density at radius 2 is 1.65 bits per heavy atom. The van der Waals surface area contributed by atoms with Crippen molar-refractivity contribution in [2.45, 2.75) is 52.5 Å². The summed E-state index contributed by atoms with van der Waals surface area (Å²) in [4.78, 5) is 26.9. The third-order valence-electron chi connectivity index (χ3n) is 4.49. The van der Waals surface area contributed by atoms with Crippen molar-refractivity contribution in [1.82, 2.24) is 10.1 Å². The number of hydrogen-bond donors (Lipinski definition) is 1. The zero-order valence-electron chi connectivity index (χ0n) is 16.5. The minimum atomic E-state index is -1.07. The third-order valence-corrected chi connectivity index (χ3v) is 4.49. The van der Waals surface area contributed by atoms with Gasteiger partial charge in [-0.1, -0.05) is 43.6 Å². The fourth-order valence-electron chi connectivity index (χ4n) is 2.25. The van der Waals surface area contributed by atoms with Crippen LogP contribution < -0.4 is 5.32 Å². The number of aryl methyl sites for hydroxylation is 1. The minimum absolute atomic E-state index is 0.205. The van der Waals surface area contributed by atoms with Crippen LogP contribution >= 0.6 is 0 Å². The molecule has 0 aliphatic rings. The van der Waals surface area contributed by atoms with E-state index in [0.717, 1.165) is 5.56 Å². The van der Waals surface area contributed by atoms with Crippen LogP contribution in [0.25, 0.3) is 0 Å². The maximum Gasteiger partial charge on any atom is 0.254 e. The summed E-state index contributed by atoms with van der Waals surface area (Å²) in [5, 5.41) is 6.63. The Hall–Kier alpha value is -2.63. The Morgan fingerprint density at radius 1 is 1.08 bits per heavy atom. The van der Waals surface area contributed by atoms with Crippen LogP contribution in [0.1, 0.15) is 56.3 Å². The fourth-order valence-corrected chi connectivity index (χ4v) is 2.25. The van der Waals surface area contributed by atoms with Crippen LogP contribution in [-0.2, 0) is 10.2 Å². The summed E-state index contributed by atoms with van der Waals surface area (Å²) >= 11 is 0. The van der Waals surface area contributed by atoms with Crippen molar-refractivity contribution in [2.75, 3.05) is 12.4 Å². The van der Waals surface area contributed by atoms with E-state index in [1.807, 2.05) is 39.8 Å². The van der Waals surface area contributed by atoms with E-state index in [4.69, 9.17) is 4.52 Å². The first kappa shape index (κ1) is 19.7. The van der Waals surface area contributed by atoms with Crippen LogP contribution in [0, 0.1) is 6.92 Å². The van der Waals surface area contributed by atoms with Crippen LogP contribution in [0.4, 0.5) is 5.82 Å². The number of nitrogens with one attached hydrogen (secondary N) is 1. The van der Waals surface area contributed by atoms with Gasteiger partial charge in [0.2, 0.25) is 0 Å². The molecule has 6 heteroatoms. The molecule has 1 N–H and O–H groups in total. The molecule has 0 aliphatic heterocycles. The zero-order valence-corrected chi connectivity index (χ0v) is 16.5. The topological polar surface area (TPSA) is 75.4 Å². The van der Waals surface area contributed by atoms with E-state index in [9.17, 15) is 9.59 Å². The van der Waals surface area contributed by atoms with Gasteiger partial charge in [0, 0.05) is 24.1 Å². The van der Waals surface area contributed by atoms with Gasteiger partial charge in [-0.2, -0.15) is 0 Å². The van der Waals surface area contributed by atoms with Gasteiger partial charge in [-0.3, -0.25) is 9.59 Å². The summed E-state index contributed by atoms with van der Waals surface area (Å²) in [5.41, 5.74) is 0.337. The molecule has 6 nitrogen and oxygen atoms in total. The number of carbonyl (C=O) groups is 2. The van der Waals surface area contributed by atoms with Gasteiger partial charge in [0.25, 0.3) is 11.8 Å². The summed E-state index contributed by atoms with van der Waals surface area (Å²) in [5.74, 6) is 0.453. The Kier molecular flexibility index (Phi) is 5.26. The molecule has 0 unspecified atom stereocenters. The van der Waals surface area contributed by atoms with E-state index in [1.54, 1.807) is 39.1 Å². The quantitative estimate of drug-likeness (QED) is 0.904. The van der Waals surface area contributed by atoms with E-state index in [2.05, 4.69) is 10.5 Å². The van der Waals surface area contributed by atoms with Crippen LogP contribution in [0.15, 0.2) is 34.9 Å². The number of anilines is 1. The molecule has 0 aliphatic carbocycles. The van der Waals surface area contributed by atoms with E-state index < -0.39 is 5.54 Å². The predicted molar refractivity (Wildman–Crippen MR) is 101 cm³/mol. The van der Waals surface area contributed by atoms with Crippen LogP contribution in [0.3, 0.4) is 0 Å². The van der Waals surface area contributed by atoms with Gasteiger partial charge in [0.05, 0.1) is 0 Å². The molecule has 1 heterocycles. The van der Waals surface area contributed by atoms with Gasteiger partial charge in [-0.05, 0) is 32.9 Å². The van der Waals surface area contributed by atoms with Crippen LogP contribution in [-0.4, -0.2) is 34.5 Å². The van der Waals surface area contributed by atoms with Gasteiger partial charge in [0.15, 0.2) is 5.82 Å². The molecule has 0 fully saturated rings. The summed E-state index contributed by atoms with van der Waals surface area (Å²) in [6, 6.07) is 8.97. The number of amides is 2. The lowest BCUT2D eigenvalue weighted by atomic mass is 9.93. The van der Waals surface area contributed by atoms with Crippen LogP contribution in [0.5, 0.6) is 0 Å². The molecule has 0 saturated heterocycles. The number of carbonyl (C=O) groups excluding carboxylic acids is 2. The second-order valence-electron chi connectivity index (χ2n) is 8.07.